The Morgan fingerprint density at radius 1 is 1.24 bits per heavy atom. The Hall–Kier alpha value is -2.98. The molecule has 0 aliphatic carbocycles. The minimum atomic E-state index is 0.372. The van der Waals surface area contributed by atoms with E-state index in [2.05, 4.69) is 21.1 Å². The van der Waals surface area contributed by atoms with E-state index in [4.69, 9.17) is 4.42 Å². The zero-order chi connectivity index (χ0) is 14.2. The minimum absolute atomic E-state index is 0.372. The molecule has 0 saturated carbocycles. The number of rotatable bonds is 2. The van der Waals surface area contributed by atoms with Crippen molar-refractivity contribution in [1.29, 1.82) is 5.26 Å². The quantitative estimate of drug-likeness (QED) is 0.567. The van der Waals surface area contributed by atoms with E-state index in [9.17, 15) is 5.26 Å². The Kier molecular flexibility index (Phi) is 2.55. The highest BCUT2D eigenvalue weighted by Crippen LogP contribution is 2.30. The second kappa shape index (κ2) is 4.54. The van der Waals surface area contributed by atoms with Gasteiger partial charge in [-0.2, -0.15) is 14.9 Å². The number of hydrogen-bond donors (Lipinski definition) is 0. The first kappa shape index (κ1) is 11.8. The molecule has 0 aliphatic heterocycles. The molecule has 6 nitrogen and oxygen atoms in total. The van der Waals surface area contributed by atoms with Crippen LogP contribution < -0.4 is 0 Å². The Morgan fingerprint density at radius 2 is 2.10 bits per heavy atom. The molecule has 0 amide bonds. The molecule has 4 aromatic rings. The maximum atomic E-state index is 9.39. The lowest BCUT2D eigenvalue weighted by Gasteiger charge is -1.93. The third-order valence-electron chi connectivity index (χ3n) is 2.99. The van der Waals surface area contributed by atoms with Crippen molar-refractivity contribution in [2.75, 3.05) is 0 Å². The number of hydrogen-bond acceptors (Lipinski definition) is 6. The lowest BCUT2D eigenvalue weighted by molar-refractivity contribution is 0.580. The van der Waals surface area contributed by atoms with Crippen molar-refractivity contribution in [3.8, 4) is 28.1 Å². The minimum Gasteiger partial charge on any atom is -0.463 e. The summed E-state index contributed by atoms with van der Waals surface area (Å²) in [5.74, 6) is 0.565. The van der Waals surface area contributed by atoms with E-state index < -0.39 is 0 Å². The third-order valence-corrected chi connectivity index (χ3v) is 3.95. The van der Waals surface area contributed by atoms with Gasteiger partial charge in [0.1, 0.15) is 16.8 Å². The van der Waals surface area contributed by atoms with Crippen molar-refractivity contribution in [1.82, 2.24) is 19.6 Å². The van der Waals surface area contributed by atoms with Gasteiger partial charge in [0.2, 0.25) is 4.96 Å². The van der Waals surface area contributed by atoms with Gasteiger partial charge < -0.3 is 4.42 Å². The largest absolute Gasteiger partial charge is 0.463 e. The van der Waals surface area contributed by atoms with Gasteiger partial charge in [-0.05, 0) is 24.3 Å². The number of imidazole rings is 1. The van der Waals surface area contributed by atoms with Gasteiger partial charge in [0, 0.05) is 18.0 Å². The first-order valence-electron chi connectivity index (χ1n) is 6.11. The van der Waals surface area contributed by atoms with Crippen molar-refractivity contribution in [3.05, 3.63) is 48.6 Å². The first-order valence-corrected chi connectivity index (χ1v) is 6.92. The number of nitrogens with zero attached hydrogens (tertiary/aromatic N) is 5. The van der Waals surface area contributed by atoms with Gasteiger partial charge in [-0.1, -0.05) is 11.3 Å². The van der Waals surface area contributed by atoms with Gasteiger partial charge >= 0.3 is 0 Å². The highest BCUT2D eigenvalue weighted by atomic mass is 32.1. The zero-order valence-corrected chi connectivity index (χ0v) is 11.4. The smallest absolute Gasteiger partial charge is 0.214 e. The zero-order valence-electron chi connectivity index (χ0n) is 10.6. The molecular formula is C14H7N5OS. The lowest BCUT2D eigenvalue weighted by Crippen LogP contribution is -1.90. The summed E-state index contributed by atoms with van der Waals surface area (Å²) in [7, 11) is 0. The van der Waals surface area contributed by atoms with Crippen LogP contribution in [0.3, 0.4) is 0 Å². The molecule has 0 N–H and O–H groups in total. The van der Waals surface area contributed by atoms with Crippen LogP contribution in [-0.4, -0.2) is 19.6 Å². The van der Waals surface area contributed by atoms with Crippen LogP contribution in [0.1, 0.15) is 5.69 Å². The van der Waals surface area contributed by atoms with E-state index in [0.29, 0.717) is 22.1 Å². The fourth-order valence-electron chi connectivity index (χ4n) is 2.05. The summed E-state index contributed by atoms with van der Waals surface area (Å²) in [5, 5.41) is 14.6. The Bertz CT molecular complexity index is 947. The molecule has 0 radical (unpaired) electrons. The number of pyridine rings is 1. The fourth-order valence-corrected chi connectivity index (χ4v) is 2.95. The Morgan fingerprint density at radius 3 is 2.81 bits per heavy atom. The maximum absolute atomic E-state index is 9.39. The molecule has 0 spiro atoms. The van der Waals surface area contributed by atoms with E-state index in [1.165, 1.54) is 11.3 Å². The van der Waals surface area contributed by atoms with E-state index >= 15 is 0 Å². The average Bonchev–Trinajstić information content (AvgIpc) is 3.22. The van der Waals surface area contributed by atoms with E-state index in [-0.39, 0.29) is 0 Å². The Labute approximate surface area is 122 Å². The van der Waals surface area contributed by atoms with Crippen LogP contribution >= 0.6 is 11.3 Å². The van der Waals surface area contributed by atoms with Crippen molar-refractivity contribution in [2.45, 2.75) is 0 Å². The molecule has 0 bridgehead atoms. The second-order valence-electron chi connectivity index (χ2n) is 4.24. The van der Waals surface area contributed by atoms with Gasteiger partial charge in [0.05, 0.1) is 6.26 Å². The highest BCUT2D eigenvalue weighted by Gasteiger charge is 2.19. The summed E-state index contributed by atoms with van der Waals surface area (Å²) in [6.45, 7) is 0. The normalized spacial score (nSPS) is 10.8. The molecule has 100 valence electrons. The summed E-state index contributed by atoms with van der Waals surface area (Å²) in [4.78, 5) is 9.10. The average molecular weight is 293 g/mol. The molecule has 0 aromatic carbocycles. The monoisotopic (exact) mass is 293 g/mol. The van der Waals surface area contributed by atoms with Crippen molar-refractivity contribution >= 4 is 16.3 Å². The van der Waals surface area contributed by atoms with Gasteiger partial charge in [-0.3, -0.25) is 4.98 Å². The van der Waals surface area contributed by atoms with Crippen molar-refractivity contribution in [2.24, 2.45) is 0 Å². The molecule has 0 unspecified atom stereocenters. The van der Waals surface area contributed by atoms with Gasteiger partial charge in [0.25, 0.3) is 0 Å². The predicted octanol–water partition coefficient (Wildman–Crippen LogP) is 2.98. The lowest BCUT2D eigenvalue weighted by atomic mass is 10.3. The summed E-state index contributed by atoms with van der Waals surface area (Å²) >= 11 is 1.42. The molecule has 21 heavy (non-hydrogen) atoms. The first-order chi connectivity index (χ1) is 10.4. The predicted molar refractivity (Wildman–Crippen MR) is 76.5 cm³/mol. The third kappa shape index (κ3) is 1.81. The number of nitriles is 1. The van der Waals surface area contributed by atoms with Crippen molar-refractivity contribution in [3.63, 3.8) is 0 Å². The number of furan rings is 1. The topological polar surface area (TPSA) is 80.0 Å². The van der Waals surface area contributed by atoms with Gasteiger partial charge in [-0.25, -0.2) is 4.98 Å². The van der Waals surface area contributed by atoms with Crippen LogP contribution in [0.15, 0.2) is 47.3 Å². The van der Waals surface area contributed by atoms with Crippen molar-refractivity contribution < 1.29 is 4.42 Å². The van der Waals surface area contributed by atoms with Crippen LogP contribution in [0.4, 0.5) is 0 Å². The number of fused-ring (bicyclic) bond motifs is 1. The fraction of sp³-hybridized carbons (Fsp3) is 0. The second-order valence-corrected chi connectivity index (χ2v) is 5.19. The molecule has 0 fully saturated rings. The standard InChI is InChI=1S/C14H7N5OS/c15-8-10-12(11-2-1-7-20-11)17-14-19(10)18-13(21-14)9-3-5-16-6-4-9/h1-7H. The van der Waals surface area contributed by atoms with Gasteiger partial charge in [0.15, 0.2) is 11.5 Å². The molecule has 0 aliphatic rings. The Balaban J connectivity index is 1.92. The maximum Gasteiger partial charge on any atom is 0.214 e. The van der Waals surface area contributed by atoms with E-state index in [0.717, 1.165) is 10.6 Å². The molecule has 7 heteroatoms. The van der Waals surface area contributed by atoms with Crippen LogP contribution in [-0.2, 0) is 0 Å². The summed E-state index contributed by atoms with van der Waals surface area (Å²) in [5.41, 5.74) is 1.84. The molecule has 4 heterocycles. The van der Waals surface area contributed by atoms with Crippen LogP contribution in [0, 0.1) is 11.3 Å². The highest BCUT2D eigenvalue weighted by molar-refractivity contribution is 7.19. The van der Waals surface area contributed by atoms with Gasteiger partial charge in [-0.15, -0.1) is 0 Å². The molecule has 4 aromatic heterocycles. The molecule has 4 rings (SSSR count). The van der Waals surface area contributed by atoms with Crippen LogP contribution in [0.25, 0.3) is 27.0 Å². The molecule has 0 atom stereocenters. The summed E-state index contributed by atoms with van der Waals surface area (Å²) in [6, 6.07) is 9.43. The van der Waals surface area contributed by atoms with Crippen LogP contribution in [0.5, 0.6) is 0 Å². The van der Waals surface area contributed by atoms with E-state index in [1.807, 2.05) is 12.1 Å². The molecular weight excluding hydrogens is 286 g/mol. The summed E-state index contributed by atoms with van der Waals surface area (Å²) in [6.07, 6.45) is 4.97. The SMILES string of the molecule is N#Cc1c(-c2ccco2)nc2sc(-c3ccncc3)nn12. The van der Waals surface area contributed by atoms with E-state index in [1.54, 1.807) is 35.3 Å². The van der Waals surface area contributed by atoms with Crippen LogP contribution in [0.2, 0.25) is 0 Å². The summed E-state index contributed by atoms with van der Waals surface area (Å²) < 4.78 is 6.87. The molecule has 0 saturated heterocycles. The number of aromatic nitrogens is 4.